The Morgan fingerprint density at radius 1 is 1.24 bits per heavy atom. The first-order valence-corrected chi connectivity index (χ1v) is 9.72. The van der Waals surface area contributed by atoms with Gasteiger partial charge in [-0.05, 0) is 57.9 Å². The van der Waals surface area contributed by atoms with Crippen LogP contribution in [0.4, 0.5) is 0 Å². The van der Waals surface area contributed by atoms with Gasteiger partial charge in [0.25, 0.3) is 5.91 Å². The number of hydrazone groups is 1. The molecule has 0 aliphatic rings. The van der Waals surface area contributed by atoms with Crippen molar-refractivity contribution in [2.75, 3.05) is 7.11 Å². The molecule has 0 atom stereocenters. The number of amides is 1. The minimum Gasteiger partial charge on any atom is -0.493 e. The lowest BCUT2D eigenvalue weighted by Gasteiger charge is -2.13. The molecular weight excluding hydrogens is 458 g/mol. The van der Waals surface area contributed by atoms with Crippen LogP contribution in [-0.2, 0) is 6.61 Å². The first-order valence-electron chi connectivity index (χ1n) is 8.55. The number of nitrogens with one attached hydrogen (secondary N) is 1. The number of ether oxygens (including phenoxy) is 2. The van der Waals surface area contributed by atoms with Gasteiger partial charge in [0.05, 0.1) is 18.9 Å². The fourth-order valence-electron chi connectivity index (χ4n) is 2.39. The van der Waals surface area contributed by atoms with Gasteiger partial charge in [-0.3, -0.25) is 9.78 Å². The van der Waals surface area contributed by atoms with Crippen molar-refractivity contribution in [3.63, 3.8) is 0 Å². The summed E-state index contributed by atoms with van der Waals surface area (Å²) in [5.41, 5.74) is 4.59. The van der Waals surface area contributed by atoms with Crippen molar-refractivity contribution in [2.24, 2.45) is 5.10 Å². The number of nitrogens with zero attached hydrogens (tertiary/aromatic N) is 2. The van der Waals surface area contributed by atoms with Crippen molar-refractivity contribution >= 4 is 39.7 Å². The minimum absolute atomic E-state index is 0.347. The normalized spacial score (nSPS) is 10.7. The molecule has 8 heteroatoms. The zero-order chi connectivity index (χ0) is 20.6. The number of hydrogen-bond donors (Lipinski definition) is 1. The predicted molar refractivity (Wildman–Crippen MR) is 116 cm³/mol. The summed E-state index contributed by atoms with van der Waals surface area (Å²) in [4.78, 5) is 15.9. The molecule has 0 aliphatic carbocycles. The topological polar surface area (TPSA) is 72.8 Å². The third-order valence-electron chi connectivity index (χ3n) is 3.88. The van der Waals surface area contributed by atoms with E-state index in [4.69, 9.17) is 21.1 Å². The quantitative estimate of drug-likeness (QED) is 0.392. The number of halogens is 2. The first kappa shape index (κ1) is 20.8. The monoisotopic (exact) mass is 473 g/mol. The molecule has 0 saturated carbocycles. The van der Waals surface area contributed by atoms with Crippen molar-refractivity contribution in [3.05, 3.63) is 87.1 Å². The molecule has 0 bridgehead atoms. The van der Waals surface area contributed by atoms with Crippen molar-refractivity contribution in [2.45, 2.75) is 6.61 Å². The van der Waals surface area contributed by atoms with E-state index in [0.29, 0.717) is 34.3 Å². The summed E-state index contributed by atoms with van der Waals surface area (Å²) in [7, 11) is 1.56. The third kappa shape index (κ3) is 5.79. The van der Waals surface area contributed by atoms with Gasteiger partial charge in [-0.2, -0.15) is 5.10 Å². The van der Waals surface area contributed by atoms with E-state index in [1.807, 2.05) is 24.3 Å². The molecule has 29 heavy (non-hydrogen) atoms. The third-order valence-corrected chi connectivity index (χ3v) is 4.82. The molecule has 0 spiro atoms. The Hall–Kier alpha value is -2.90. The number of aromatic nitrogens is 1. The van der Waals surface area contributed by atoms with E-state index in [9.17, 15) is 4.79 Å². The molecule has 1 amide bonds. The molecule has 1 N–H and O–H groups in total. The average molecular weight is 475 g/mol. The summed E-state index contributed by atoms with van der Waals surface area (Å²) in [6.45, 7) is 0.370. The van der Waals surface area contributed by atoms with Gasteiger partial charge in [0.1, 0.15) is 6.61 Å². The van der Waals surface area contributed by atoms with E-state index in [1.165, 1.54) is 12.4 Å². The second-order valence-corrected chi connectivity index (χ2v) is 7.17. The van der Waals surface area contributed by atoms with Gasteiger partial charge in [-0.25, -0.2) is 5.43 Å². The molecule has 0 radical (unpaired) electrons. The molecule has 3 rings (SSSR count). The fraction of sp³-hybridized carbons (Fsp3) is 0.0952. The average Bonchev–Trinajstić information content (AvgIpc) is 2.75. The summed E-state index contributed by atoms with van der Waals surface area (Å²) in [5, 5.41) is 4.67. The van der Waals surface area contributed by atoms with E-state index >= 15 is 0 Å². The maximum absolute atomic E-state index is 12.0. The zero-order valence-electron chi connectivity index (χ0n) is 15.4. The Morgan fingerprint density at radius 3 is 2.72 bits per heavy atom. The Morgan fingerprint density at radius 2 is 2.03 bits per heavy atom. The summed E-state index contributed by atoms with van der Waals surface area (Å²) in [5.74, 6) is 0.772. The van der Waals surface area contributed by atoms with Crippen LogP contribution in [0.15, 0.2) is 70.5 Å². The number of carbonyl (C=O) groups excluding carboxylic acids is 1. The van der Waals surface area contributed by atoms with E-state index < -0.39 is 0 Å². The molecule has 0 unspecified atom stereocenters. The van der Waals surface area contributed by atoms with Crippen LogP contribution >= 0.6 is 27.5 Å². The second kappa shape index (κ2) is 10.0. The van der Waals surface area contributed by atoms with Crippen molar-refractivity contribution in [3.8, 4) is 11.5 Å². The van der Waals surface area contributed by atoms with Crippen LogP contribution in [0.1, 0.15) is 21.5 Å². The molecule has 0 saturated heterocycles. The largest absolute Gasteiger partial charge is 0.493 e. The van der Waals surface area contributed by atoms with Crippen molar-refractivity contribution in [1.29, 1.82) is 0 Å². The summed E-state index contributed by atoms with van der Waals surface area (Å²) >= 11 is 9.39. The van der Waals surface area contributed by atoms with Crippen LogP contribution in [0.3, 0.4) is 0 Å². The number of carbonyl (C=O) groups is 1. The Balaban J connectivity index is 1.68. The van der Waals surface area contributed by atoms with Gasteiger partial charge in [-0.15, -0.1) is 0 Å². The van der Waals surface area contributed by atoms with E-state index in [0.717, 1.165) is 10.0 Å². The number of rotatable bonds is 7. The summed E-state index contributed by atoms with van der Waals surface area (Å²) < 4.78 is 12.0. The molecule has 1 heterocycles. The molecule has 0 fully saturated rings. The number of benzene rings is 2. The van der Waals surface area contributed by atoms with Crippen LogP contribution in [0.2, 0.25) is 5.02 Å². The molecule has 148 valence electrons. The molecule has 3 aromatic rings. The standard InChI is InChI=1S/C21H17BrClN3O3/c1-28-19-9-16(12-25-26-21(27)15-3-2-8-24-11-15)18(22)10-20(19)29-13-14-4-6-17(23)7-5-14/h2-12H,13H2,1H3,(H,26,27)/b25-12-. The van der Waals surface area contributed by atoms with Crippen LogP contribution in [0.25, 0.3) is 0 Å². The highest BCUT2D eigenvalue weighted by Gasteiger charge is 2.10. The highest BCUT2D eigenvalue weighted by atomic mass is 79.9. The Bertz CT molecular complexity index is 1010. The van der Waals surface area contributed by atoms with Gasteiger partial charge < -0.3 is 9.47 Å². The number of pyridine rings is 1. The SMILES string of the molecule is COc1cc(/C=N\NC(=O)c2cccnc2)c(Br)cc1OCc1ccc(Cl)cc1. The van der Waals surface area contributed by atoms with Crippen LogP contribution in [0, 0.1) is 0 Å². The fourth-order valence-corrected chi connectivity index (χ4v) is 2.94. The molecular formula is C21H17BrClN3O3. The zero-order valence-corrected chi connectivity index (χ0v) is 17.8. The predicted octanol–water partition coefficient (Wildman–Crippen LogP) is 4.85. The van der Waals surface area contributed by atoms with Gasteiger partial charge in [-0.1, -0.05) is 23.7 Å². The van der Waals surface area contributed by atoms with Crippen LogP contribution < -0.4 is 14.9 Å². The minimum atomic E-state index is -0.347. The maximum atomic E-state index is 12.0. The Kier molecular flexibility index (Phi) is 7.21. The van der Waals surface area contributed by atoms with Gasteiger partial charge in [0.15, 0.2) is 11.5 Å². The molecule has 0 aliphatic heterocycles. The summed E-state index contributed by atoms with van der Waals surface area (Å²) in [6.07, 6.45) is 4.58. The Labute approximate surface area is 181 Å². The maximum Gasteiger partial charge on any atom is 0.272 e. The van der Waals surface area contributed by atoms with Crippen LogP contribution in [0.5, 0.6) is 11.5 Å². The van der Waals surface area contributed by atoms with Crippen molar-refractivity contribution in [1.82, 2.24) is 10.4 Å². The molecule has 1 aromatic heterocycles. The lowest BCUT2D eigenvalue weighted by Crippen LogP contribution is -2.17. The summed E-state index contributed by atoms with van der Waals surface area (Å²) in [6, 6.07) is 14.3. The number of methoxy groups -OCH3 is 1. The first-order chi connectivity index (χ1) is 14.1. The second-order valence-electron chi connectivity index (χ2n) is 5.88. The van der Waals surface area contributed by atoms with Crippen molar-refractivity contribution < 1.29 is 14.3 Å². The van der Waals surface area contributed by atoms with E-state index in [2.05, 4.69) is 31.4 Å². The van der Waals surface area contributed by atoms with E-state index in [-0.39, 0.29) is 5.91 Å². The van der Waals surface area contributed by atoms with Crippen LogP contribution in [-0.4, -0.2) is 24.2 Å². The van der Waals surface area contributed by atoms with Gasteiger partial charge >= 0.3 is 0 Å². The highest BCUT2D eigenvalue weighted by Crippen LogP contribution is 2.33. The lowest BCUT2D eigenvalue weighted by atomic mass is 10.2. The van der Waals surface area contributed by atoms with E-state index in [1.54, 1.807) is 37.6 Å². The molecule has 2 aromatic carbocycles. The molecule has 6 nitrogen and oxygen atoms in total. The van der Waals surface area contributed by atoms with Gasteiger partial charge in [0, 0.05) is 27.5 Å². The van der Waals surface area contributed by atoms with Gasteiger partial charge in [0.2, 0.25) is 0 Å². The number of hydrogen-bond acceptors (Lipinski definition) is 5. The lowest BCUT2D eigenvalue weighted by molar-refractivity contribution is 0.0955. The highest BCUT2D eigenvalue weighted by molar-refractivity contribution is 9.10. The smallest absolute Gasteiger partial charge is 0.272 e.